The predicted octanol–water partition coefficient (Wildman–Crippen LogP) is 2.14. The minimum atomic E-state index is -0.415. The number of nitrogens with zero attached hydrogens (tertiary/aromatic N) is 2. The SMILES string of the molecule is Cn1cc2ccc(C(Br)OC=O)cc2n1. The van der Waals surface area contributed by atoms with Crippen molar-refractivity contribution in [3.63, 3.8) is 0 Å². The van der Waals surface area contributed by atoms with Crippen molar-refractivity contribution in [2.75, 3.05) is 0 Å². The summed E-state index contributed by atoms with van der Waals surface area (Å²) in [5.74, 6) is 0. The zero-order chi connectivity index (χ0) is 10.8. The van der Waals surface area contributed by atoms with Crippen LogP contribution in [0.3, 0.4) is 0 Å². The number of alkyl halides is 1. The first-order chi connectivity index (χ1) is 7.20. The maximum absolute atomic E-state index is 10.2. The molecule has 0 amide bonds. The highest BCUT2D eigenvalue weighted by Gasteiger charge is 2.09. The van der Waals surface area contributed by atoms with Gasteiger partial charge in [0.1, 0.15) is 0 Å². The van der Waals surface area contributed by atoms with Crippen molar-refractivity contribution >= 4 is 33.3 Å². The lowest BCUT2D eigenvalue weighted by Gasteiger charge is -2.06. The molecule has 1 atom stereocenters. The van der Waals surface area contributed by atoms with E-state index in [0.717, 1.165) is 16.5 Å². The third-order valence-electron chi connectivity index (χ3n) is 2.08. The zero-order valence-electron chi connectivity index (χ0n) is 8.05. The Balaban J connectivity index is 2.41. The van der Waals surface area contributed by atoms with Gasteiger partial charge in [-0.1, -0.05) is 12.1 Å². The van der Waals surface area contributed by atoms with Crippen molar-refractivity contribution in [2.45, 2.75) is 5.01 Å². The summed E-state index contributed by atoms with van der Waals surface area (Å²) in [6, 6.07) is 5.73. The molecule has 0 fully saturated rings. The van der Waals surface area contributed by atoms with Crippen LogP contribution in [0, 0.1) is 0 Å². The number of hydrogen-bond acceptors (Lipinski definition) is 3. The van der Waals surface area contributed by atoms with Crippen LogP contribution >= 0.6 is 15.9 Å². The molecular weight excluding hydrogens is 260 g/mol. The van der Waals surface area contributed by atoms with Crippen LogP contribution in [0.2, 0.25) is 0 Å². The summed E-state index contributed by atoms with van der Waals surface area (Å²) in [6.45, 7) is 0.419. The fraction of sp³-hybridized carbons (Fsp3) is 0.200. The largest absolute Gasteiger partial charge is 0.448 e. The Morgan fingerprint density at radius 2 is 2.40 bits per heavy atom. The van der Waals surface area contributed by atoms with E-state index in [0.29, 0.717) is 6.47 Å². The molecule has 0 aliphatic heterocycles. The number of benzene rings is 1. The van der Waals surface area contributed by atoms with E-state index in [1.54, 1.807) is 4.68 Å². The number of carbonyl (C=O) groups excluding carboxylic acids is 1. The maximum Gasteiger partial charge on any atom is 0.294 e. The molecule has 0 aliphatic carbocycles. The van der Waals surface area contributed by atoms with E-state index >= 15 is 0 Å². The lowest BCUT2D eigenvalue weighted by atomic mass is 10.2. The van der Waals surface area contributed by atoms with Crippen molar-refractivity contribution in [1.29, 1.82) is 0 Å². The van der Waals surface area contributed by atoms with E-state index in [4.69, 9.17) is 4.74 Å². The number of ether oxygens (including phenoxy) is 1. The van der Waals surface area contributed by atoms with Gasteiger partial charge in [0.15, 0.2) is 5.01 Å². The molecule has 5 heteroatoms. The van der Waals surface area contributed by atoms with Gasteiger partial charge in [-0.3, -0.25) is 9.48 Å². The van der Waals surface area contributed by atoms with E-state index < -0.39 is 5.01 Å². The fourth-order valence-electron chi connectivity index (χ4n) is 1.43. The fourth-order valence-corrected chi connectivity index (χ4v) is 1.80. The Morgan fingerprint density at radius 1 is 1.60 bits per heavy atom. The second-order valence-electron chi connectivity index (χ2n) is 3.17. The molecule has 0 N–H and O–H groups in total. The van der Waals surface area contributed by atoms with E-state index in [9.17, 15) is 4.79 Å². The summed E-state index contributed by atoms with van der Waals surface area (Å²) in [7, 11) is 1.87. The van der Waals surface area contributed by atoms with E-state index in [1.165, 1.54) is 0 Å². The highest BCUT2D eigenvalue weighted by Crippen LogP contribution is 2.25. The van der Waals surface area contributed by atoms with Crippen LogP contribution in [0.4, 0.5) is 0 Å². The lowest BCUT2D eigenvalue weighted by Crippen LogP contribution is -1.94. The monoisotopic (exact) mass is 268 g/mol. The summed E-state index contributed by atoms with van der Waals surface area (Å²) in [4.78, 5) is 10.2. The van der Waals surface area contributed by atoms with E-state index in [1.807, 2.05) is 31.4 Å². The summed E-state index contributed by atoms with van der Waals surface area (Å²) in [5, 5.41) is 4.92. The second kappa shape index (κ2) is 4.02. The number of aryl methyl sites for hydroxylation is 1. The first kappa shape index (κ1) is 10.2. The molecule has 0 aliphatic rings. The van der Waals surface area contributed by atoms with Crippen LogP contribution in [0.1, 0.15) is 10.6 Å². The summed E-state index contributed by atoms with van der Waals surface area (Å²) >= 11 is 3.25. The quantitative estimate of drug-likeness (QED) is 0.633. The van der Waals surface area contributed by atoms with E-state index in [2.05, 4.69) is 21.0 Å². The van der Waals surface area contributed by atoms with Gasteiger partial charge in [-0.25, -0.2) is 0 Å². The molecule has 2 rings (SSSR count). The summed E-state index contributed by atoms with van der Waals surface area (Å²) < 4.78 is 6.53. The molecule has 1 unspecified atom stereocenters. The zero-order valence-corrected chi connectivity index (χ0v) is 9.64. The number of aromatic nitrogens is 2. The highest BCUT2D eigenvalue weighted by atomic mass is 79.9. The number of halogens is 1. The van der Waals surface area contributed by atoms with Gasteiger partial charge < -0.3 is 4.74 Å². The molecule has 0 spiro atoms. The van der Waals surface area contributed by atoms with Crippen molar-refractivity contribution < 1.29 is 9.53 Å². The number of hydrogen-bond donors (Lipinski definition) is 0. The first-order valence-electron chi connectivity index (χ1n) is 4.37. The van der Waals surface area contributed by atoms with Gasteiger partial charge in [0, 0.05) is 24.2 Å². The minimum Gasteiger partial charge on any atom is -0.448 e. The van der Waals surface area contributed by atoms with Crippen molar-refractivity contribution in [2.24, 2.45) is 7.05 Å². The van der Waals surface area contributed by atoms with Gasteiger partial charge in [0.2, 0.25) is 0 Å². The number of fused-ring (bicyclic) bond motifs is 1. The minimum absolute atomic E-state index is 0.415. The van der Waals surface area contributed by atoms with Crippen LogP contribution in [0.5, 0.6) is 0 Å². The molecule has 1 heterocycles. The third-order valence-corrected chi connectivity index (χ3v) is 2.83. The average Bonchev–Trinajstić information content (AvgIpc) is 2.57. The van der Waals surface area contributed by atoms with Gasteiger partial charge in [0.25, 0.3) is 6.47 Å². The van der Waals surface area contributed by atoms with Gasteiger partial charge >= 0.3 is 0 Å². The van der Waals surface area contributed by atoms with Gasteiger partial charge in [0.05, 0.1) is 5.52 Å². The molecule has 0 bridgehead atoms. The Hall–Kier alpha value is -1.36. The predicted molar refractivity (Wildman–Crippen MR) is 59.5 cm³/mol. The standard InChI is InChI=1S/C10H9BrN2O2/c1-13-5-8-3-2-7(4-9(8)12-13)10(11)15-6-14/h2-6,10H,1H3. The number of rotatable bonds is 3. The smallest absolute Gasteiger partial charge is 0.294 e. The van der Waals surface area contributed by atoms with Gasteiger partial charge in [-0.2, -0.15) is 5.10 Å². The summed E-state index contributed by atoms with van der Waals surface area (Å²) in [5.41, 5.74) is 1.75. The Morgan fingerprint density at radius 3 is 3.13 bits per heavy atom. The molecule has 0 saturated carbocycles. The molecule has 1 aromatic carbocycles. The molecule has 0 radical (unpaired) electrons. The molecule has 0 saturated heterocycles. The second-order valence-corrected chi connectivity index (χ2v) is 4.00. The van der Waals surface area contributed by atoms with Crippen LogP contribution in [0.25, 0.3) is 10.9 Å². The van der Waals surface area contributed by atoms with Gasteiger partial charge in [-0.15, -0.1) is 0 Å². The first-order valence-corrected chi connectivity index (χ1v) is 5.29. The third kappa shape index (κ3) is 2.02. The van der Waals surface area contributed by atoms with Crippen molar-refractivity contribution in [3.8, 4) is 0 Å². The molecule has 2 aromatic rings. The molecule has 78 valence electrons. The van der Waals surface area contributed by atoms with Crippen LogP contribution < -0.4 is 0 Å². The molecule has 15 heavy (non-hydrogen) atoms. The normalized spacial score (nSPS) is 12.7. The van der Waals surface area contributed by atoms with Crippen LogP contribution in [0.15, 0.2) is 24.4 Å². The summed E-state index contributed by atoms with van der Waals surface area (Å²) in [6.07, 6.45) is 1.93. The Kier molecular flexibility index (Phi) is 2.73. The van der Waals surface area contributed by atoms with E-state index in [-0.39, 0.29) is 0 Å². The van der Waals surface area contributed by atoms with Crippen LogP contribution in [-0.4, -0.2) is 16.3 Å². The lowest BCUT2D eigenvalue weighted by molar-refractivity contribution is -0.129. The molecular formula is C10H9BrN2O2. The van der Waals surface area contributed by atoms with Crippen LogP contribution in [-0.2, 0) is 16.6 Å². The highest BCUT2D eigenvalue weighted by molar-refractivity contribution is 9.09. The maximum atomic E-state index is 10.2. The van der Waals surface area contributed by atoms with Crippen molar-refractivity contribution in [1.82, 2.24) is 9.78 Å². The topological polar surface area (TPSA) is 44.1 Å². The van der Waals surface area contributed by atoms with Gasteiger partial charge in [-0.05, 0) is 22.0 Å². The Bertz CT molecular complexity index is 495. The molecule has 4 nitrogen and oxygen atoms in total. The average molecular weight is 269 g/mol. The number of carbonyl (C=O) groups is 1. The molecule has 1 aromatic heterocycles. The van der Waals surface area contributed by atoms with Crippen molar-refractivity contribution in [3.05, 3.63) is 30.0 Å². The Labute approximate surface area is 95.0 Å².